The third-order valence-electron chi connectivity index (χ3n) is 3.36. The summed E-state index contributed by atoms with van der Waals surface area (Å²) in [5, 5.41) is 9.35. The molecule has 23 heavy (non-hydrogen) atoms. The fourth-order valence-electron chi connectivity index (χ4n) is 2.12. The predicted octanol–water partition coefficient (Wildman–Crippen LogP) is 1.15. The standard InChI is InChI=1S/C18H18ClO2S.Na/c19-17-7-5-16(6-8-17)15-3-1-14(2-4-15)10-12-22-18(13-21)9-11-20;/h1-8,18,20H,9-12H2;/q-1;+1. The first kappa shape index (κ1) is 20.8. The molecule has 0 aromatic heterocycles. The Morgan fingerprint density at radius 3 is 2.13 bits per heavy atom. The van der Waals surface area contributed by atoms with Gasteiger partial charge in [-0.15, -0.1) is 0 Å². The van der Waals surface area contributed by atoms with Crippen LogP contribution in [0.2, 0.25) is 5.02 Å². The molecule has 2 aromatic rings. The molecule has 0 aliphatic rings. The van der Waals surface area contributed by atoms with E-state index in [0.29, 0.717) is 6.42 Å². The van der Waals surface area contributed by atoms with E-state index in [1.54, 1.807) is 11.8 Å². The fraction of sp³-hybridized carbons (Fsp3) is 0.278. The Hall–Kier alpha value is -0.290. The van der Waals surface area contributed by atoms with Gasteiger partial charge in [0.15, 0.2) is 0 Å². The van der Waals surface area contributed by atoms with Crippen molar-refractivity contribution in [3.8, 4) is 11.1 Å². The minimum absolute atomic E-state index is 0. The topological polar surface area (TPSA) is 37.3 Å². The minimum Gasteiger partial charge on any atom is -0.541 e. The second-order valence-electron chi connectivity index (χ2n) is 4.94. The van der Waals surface area contributed by atoms with Gasteiger partial charge in [-0.2, -0.15) is 11.8 Å². The van der Waals surface area contributed by atoms with E-state index in [1.807, 2.05) is 30.6 Å². The molecule has 1 unspecified atom stereocenters. The molecule has 0 fully saturated rings. The monoisotopic (exact) mass is 356 g/mol. The van der Waals surface area contributed by atoms with Crippen molar-refractivity contribution in [3.63, 3.8) is 0 Å². The Morgan fingerprint density at radius 1 is 1.04 bits per heavy atom. The van der Waals surface area contributed by atoms with Gasteiger partial charge in [0.2, 0.25) is 0 Å². The van der Waals surface area contributed by atoms with Gasteiger partial charge in [0.1, 0.15) is 0 Å². The van der Waals surface area contributed by atoms with Crippen LogP contribution in [-0.2, 0) is 11.2 Å². The summed E-state index contributed by atoms with van der Waals surface area (Å²) < 4.78 is 0. The van der Waals surface area contributed by atoms with Crippen LogP contribution in [0.1, 0.15) is 12.0 Å². The van der Waals surface area contributed by atoms with E-state index in [1.165, 1.54) is 5.56 Å². The Balaban J connectivity index is 0.00000264. The number of halogens is 1. The van der Waals surface area contributed by atoms with E-state index in [-0.39, 0.29) is 41.4 Å². The molecular formula is C18H18ClNaO2S. The maximum Gasteiger partial charge on any atom is 1.00 e. The fourth-order valence-corrected chi connectivity index (χ4v) is 3.22. The Kier molecular flexibility index (Phi) is 10.2. The van der Waals surface area contributed by atoms with Crippen LogP contribution >= 0.6 is 23.4 Å². The third kappa shape index (κ3) is 7.00. The molecule has 0 heterocycles. The number of rotatable bonds is 8. The van der Waals surface area contributed by atoms with E-state index in [9.17, 15) is 4.79 Å². The number of aryl methyl sites for hydroxylation is 1. The summed E-state index contributed by atoms with van der Waals surface area (Å²) in [4.78, 5) is 10.7. The number of carbonyl (C=O) groups excluding carboxylic acids is 1. The molecule has 0 amide bonds. The zero-order chi connectivity index (χ0) is 15.8. The number of hydrogen-bond donors (Lipinski definition) is 1. The van der Waals surface area contributed by atoms with E-state index < -0.39 is 0 Å². The molecule has 0 saturated heterocycles. The van der Waals surface area contributed by atoms with Gasteiger partial charge < -0.3 is 9.90 Å². The molecule has 0 aliphatic heterocycles. The van der Waals surface area contributed by atoms with Gasteiger partial charge in [-0.3, -0.25) is 6.29 Å². The number of benzene rings is 2. The smallest absolute Gasteiger partial charge is 0.541 e. The van der Waals surface area contributed by atoms with E-state index >= 15 is 0 Å². The summed E-state index contributed by atoms with van der Waals surface area (Å²) in [6, 6.07) is 16.2. The van der Waals surface area contributed by atoms with Crippen molar-refractivity contribution in [1.82, 2.24) is 0 Å². The molecule has 0 aliphatic carbocycles. The van der Waals surface area contributed by atoms with Crippen LogP contribution in [0.4, 0.5) is 0 Å². The summed E-state index contributed by atoms with van der Waals surface area (Å²) in [6.45, 7) is 0.0305. The number of aliphatic hydroxyl groups is 1. The maximum atomic E-state index is 10.7. The van der Waals surface area contributed by atoms with Crippen LogP contribution in [0, 0.1) is 0 Å². The summed E-state index contributed by atoms with van der Waals surface area (Å²) >= 11 is 7.44. The predicted molar refractivity (Wildman–Crippen MR) is 94.2 cm³/mol. The van der Waals surface area contributed by atoms with Gasteiger partial charge in [0, 0.05) is 11.6 Å². The molecule has 5 heteroatoms. The first-order chi connectivity index (χ1) is 10.7. The molecule has 2 rings (SSSR count). The van der Waals surface area contributed by atoms with Crippen molar-refractivity contribution < 1.29 is 39.5 Å². The van der Waals surface area contributed by atoms with Crippen molar-refractivity contribution in [1.29, 1.82) is 0 Å². The molecule has 0 bridgehead atoms. The van der Waals surface area contributed by atoms with Crippen LogP contribution < -0.4 is 29.6 Å². The molecule has 1 N–H and O–H groups in total. The zero-order valence-electron chi connectivity index (χ0n) is 13.2. The normalized spacial score (nSPS) is 11.6. The SMILES string of the molecule is O=[C-]C(CCO)SCCc1ccc(-c2ccc(Cl)cc2)cc1.[Na+]. The second kappa shape index (κ2) is 11.3. The number of hydrogen-bond acceptors (Lipinski definition) is 3. The summed E-state index contributed by atoms with van der Waals surface area (Å²) in [6.07, 6.45) is 3.34. The molecule has 0 spiro atoms. The van der Waals surface area contributed by atoms with Gasteiger partial charge in [0.25, 0.3) is 0 Å². The molecule has 2 aromatic carbocycles. The van der Waals surface area contributed by atoms with Gasteiger partial charge in [-0.25, -0.2) is 0 Å². The van der Waals surface area contributed by atoms with E-state index in [0.717, 1.165) is 28.3 Å². The Labute approximate surface area is 168 Å². The Morgan fingerprint density at radius 2 is 1.61 bits per heavy atom. The minimum atomic E-state index is -0.224. The largest absolute Gasteiger partial charge is 1.00 e. The van der Waals surface area contributed by atoms with Crippen molar-refractivity contribution in [2.24, 2.45) is 0 Å². The van der Waals surface area contributed by atoms with Gasteiger partial charge >= 0.3 is 29.6 Å². The Bertz CT molecular complexity index is 587. The van der Waals surface area contributed by atoms with Gasteiger partial charge in [-0.05, 0) is 47.4 Å². The van der Waals surface area contributed by atoms with Gasteiger partial charge in [-0.1, -0.05) is 53.2 Å². The zero-order valence-corrected chi connectivity index (χ0v) is 16.7. The van der Waals surface area contributed by atoms with Crippen LogP contribution in [0.25, 0.3) is 11.1 Å². The van der Waals surface area contributed by atoms with Gasteiger partial charge in [0.05, 0.1) is 0 Å². The van der Waals surface area contributed by atoms with Crippen LogP contribution in [0.5, 0.6) is 0 Å². The maximum absolute atomic E-state index is 10.7. The van der Waals surface area contributed by atoms with Crippen molar-refractivity contribution in [3.05, 3.63) is 59.1 Å². The van der Waals surface area contributed by atoms with Crippen LogP contribution in [0.15, 0.2) is 48.5 Å². The van der Waals surface area contributed by atoms with Crippen molar-refractivity contribution in [2.75, 3.05) is 12.4 Å². The molecular weight excluding hydrogens is 339 g/mol. The van der Waals surface area contributed by atoms with Crippen molar-refractivity contribution >= 4 is 29.6 Å². The first-order valence-corrected chi connectivity index (χ1v) is 8.60. The first-order valence-electron chi connectivity index (χ1n) is 7.18. The van der Waals surface area contributed by atoms with Crippen LogP contribution in [0.3, 0.4) is 0 Å². The molecule has 2 nitrogen and oxygen atoms in total. The number of thioether (sulfide) groups is 1. The molecule has 0 radical (unpaired) electrons. The summed E-state index contributed by atoms with van der Waals surface area (Å²) in [5.41, 5.74) is 3.54. The quantitative estimate of drug-likeness (QED) is 0.569. The molecule has 0 saturated carbocycles. The average Bonchev–Trinajstić information content (AvgIpc) is 2.55. The second-order valence-corrected chi connectivity index (χ2v) is 6.69. The van der Waals surface area contributed by atoms with Crippen LogP contribution in [-0.4, -0.2) is 29.0 Å². The number of aliphatic hydroxyl groups excluding tert-OH is 1. The summed E-state index contributed by atoms with van der Waals surface area (Å²) in [7, 11) is 0. The van der Waals surface area contributed by atoms with E-state index in [2.05, 4.69) is 24.3 Å². The van der Waals surface area contributed by atoms with Crippen molar-refractivity contribution in [2.45, 2.75) is 18.1 Å². The average molecular weight is 357 g/mol. The molecule has 1 atom stereocenters. The molecule has 116 valence electrons. The third-order valence-corrected chi connectivity index (χ3v) is 4.79. The summed E-state index contributed by atoms with van der Waals surface area (Å²) in [5.74, 6) is 0.847. The van der Waals surface area contributed by atoms with E-state index in [4.69, 9.17) is 16.7 Å².